The molecule has 20 heavy (non-hydrogen) atoms. The van der Waals surface area contributed by atoms with Gasteiger partial charge >= 0.3 is 6.09 Å². The van der Waals surface area contributed by atoms with E-state index in [0.717, 1.165) is 5.56 Å². The first-order chi connectivity index (χ1) is 9.81. The summed E-state index contributed by atoms with van der Waals surface area (Å²) in [6.07, 6.45) is -0.526. The van der Waals surface area contributed by atoms with Gasteiger partial charge in [0.15, 0.2) is 0 Å². The molecular weight excluding hydrogens is 254 g/mol. The molecule has 0 saturated carbocycles. The third-order valence-corrected chi connectivity index (χ3v) is 2.62. The van der Waals surface area contributed by atoms with Crippen LogP contribution in [0.3, 0.4) is 0 Å². The van der Waals surface area contributed by atoms with Crippen molar-refractivity contribution >= 4 is 11.8 Å². The van der Waals surface area contributed by atoms with Gasteiger partial charge in [0.2, 0.25) is 0 Å². The van der Waals surface area contributed by atoms with Crippen molar-refractivity contribution < 1.29 is 14.4 Å². The van der Waals surface area contributed by atoms with Gasteiger partial charge in [0.05, 0.1) is 12.3 Å². The lowest BCUT2D eigenvalue weighted by molar-refractivity contribution is 0.0771. The molecule has 0 heterocycles. The monoisotopic (exact) mass is 271 g/mol. The van der Waals surface area contributed by atoms with Gasteiger partial charge in [0.1, 0.15) is 6.61 Å². The van der Waals surface area contributed by atoms with Gasteiger partial charge < -0.3 is 4.74 Å². The lowest BCUT2D eigenvalue weighted by atomic mass is 10.2. The maximum atomic E-state index is 12.1. The SMILES string of the molecule is CCON(C(=O)OCc1ccccc1)c1ccccc1. The van der Waals surface area contributed by atoms with Gasteiger partial charge in [-0.25, -0.2) is 4.79 Å². The van der Waals surface area contributed by atoms with Gasteiger partial charge in [0.25, 0.3) is 0 Å². The summed E-state index contributed by atoms with van der Waals surface area (Å²) in [5, 5.41) is 1.17. The van der Waals surface area contributed by atoms with Crippen LogP contribution in [0.5, 0.6) is 0 Å². The first-order valence-electron chi connectivity index (χ1n) is 6.50. The van der Waals surface area contributed by atoms with Gasteiger partial charge in [-0.1, -0.05) is 48.5 Å². The van der Waals surface area contributed by atoms with Crippen molar-refractivity contribution in [2.24, 2.45) is 0 Å². The quantitative estimate of drug-likeness (QED) is 0.777. The number of para-hydroxylation sites is 1. The topological polar surface area (TPSA) is 38.8 Å². The van der Waals surface area contributed by atoms with Crippen molar-refractivity contribution in [3.8, 4) is 0 Å². The maximum Gasteiger partial charge on any atom is 0.439 e. The number of hydrogen-bond acceptors (Lipinski definition) is 3. The Morgan fingerprint density at radius 2 is 1.60 bits per heavy atom. The number of anilines is 1. The second-order valence-corrected chi connectivity index (χ2v) is 4.09. The molecule has 0 bridgehead atoms. The van der Waals surface area contributed by atoms with Crippen molar-refractivity contribution in [3.63, 3.8) is 0 Å². The normalized spacial score (nSPS) is 10.1. The summed E-state index contributed by atoms with van der Waals surface area (Å²) in [6.45, 7) is 2.42. The molecule has 2 aromatic carbocycles. The molecule has 2 rings (SSSR count). The molecule has 0 saturated heterocycles. The fourth-order valence-electron chi connectivity index (χ4n) is 1.70. The first kappa shape index (κ1) is 14.1. The molecule has 0 aliphatic heterocycles. The van der Waals surface area contributed by atoms with Crippen LogP contribution in [0.1, 0.15) is 12.5 Å². The second kappa shape index (κ2) is 7.31. The summed E-state index contributed by atoms with van der Waals surface area (Å²) in [6, 6.07) is 18.7. The van der Waals surface area contributed by atoms with Crippen LogP contribution in [0.25, 0.3) is 0 Å². The van der Waals surface area contributed by atoms with E-state index in [2.05, 4.69) is 0 Å². The fraction of sp³-hybridized carbons (Fsp3) is 0.188. The van der Waals surface area contributed by atoms with Crippen LogP contribution in [-0.4, -0.2) is 12.7 Å². The maximum absolute atomic E-state index is 12.1. The van der Waals surface area contributed by atoms with Gasteiger partial charge in [-0.15, -0.1) is 0 Å². The number of rotatable bonds is 5. The first-order valence-corrected chi connectivity index (χ1v) is 6.50. The Morgan fingerprint density at radius 1 is 1.00 bits per heavy atom. The Balaban J connectivity index is 2.01. The smallest absolute Gasteiger partial charge is 0.439 e. The minimum atomic E-state index is -0.526. The third-order valence-electron chi connectivity index (χ3n) is 2.62. The summed E-state index contributed by atoms with van der Waals surface area (Å²) in [7, 11) is 0. The number of carbonyl (C=O) groups is 1. The number of carbonyl (C=O) groups excluding carboxylic acids is 1. The Labute approximate surface area is 118 Å². The molecule has 0 spiro atoms. The van der Waals surface area contributed by atoms with Crippen LogP contribution in [0.15, 0.2) is 60.7 Å². The van der Waals surface area contributed by atoms with Gasteiger partial charge in [-0.2, -0.15) is 5.06 Å². The van der Waals surface area contributed by atoms with E-state index in [1.54, 1.807) is 12.1 Å². The zero-order valence-electron chi connectivity index (χ0n) is 11.4. The van der Waals surface area contributed by atoms with Crippen LogP contribution in [0, 0.1) is 0 Å². The average Bonchev–Trinajstić information content (AvgIpc) is 2.52. The zero-order chi connectivity index (χ0) is 14.2. The lowest BCUT2D eigenvalue weighted by Gasteiger charge is -2.20. The van der Waals surface area contributed by atoms with Crippen molar-refractivity contribution in [2.45, 2.75) is 13.5 Å². The van der Waals surface area contributed by atoms with Crippen molar-refractivity contribution in [2.75, 3.05) is 11.7 Å². The zero-order valence-corrected chi connectivity index (χ0v) is 11.4. The summed E-state index contributed by atoms with van der Waals surface area (Å²) in [5.41, 5.74) is 1.58. The molecule has 104 valence electrons. The van der Waals surface area contributed by atoms with Crippen molar-refractivity contribution in [1.29, 1.82) is 0 Å². The van der Waals surface area contributed by atoms with E-state index < -0.39 is 6.09 Å². The average molecular weight is 271 g/mol. The van der Waals surface area contributed by atoms with Crippen molar-refractivity contribution in [3.05, 3.63) is 66.2 Å². The highest BCUT2D eigenvalue weighted by Crippen LogP contribution is 2.15. The van der Waals surface area contributed by atoms with E-state index in [4.69, 9.17) is 9.57 Å². The van der Waals surface area contributed by atoms with E-state index >= 15 is 0 Å². The molecule has 0 aliphatic carbocycles. The summed E-state index contributed by atoms with van der Waals surface area (Å²) >= 11 is 0. The highest BCUT2D eigenvalue weighted by atomic mass is 16.7. The molecule has 0 aliphatic rings. The van der Waals surface area contributed by atoms with Crippen molar-refractivity contribution in [1.82, 2.24) is 0 Å². The molecule has 1 amide bonds. The Hall–Kier alpha value is -2.33. The molecule has 0 fully saturated rings. The van der Waals surface area contributed by atoms with E-state index in [-0.39, 0.29) is 6.61 Å². The Morgan fingerprint density at radius 3 is 2.20 bits per heavy atom. The molecule has 4 nitrogen and oxygen atoms in total. The number of benzene rings is 2. The summed E-state index contributed by atoms with van der Waals surface area (Å²) in [4.78, 5) is 17.4. The molecule has 0 radical (unpaired) electrons. The molecule has 4 heteroatoms. The predicted octanol–water partition coefficient (Wildman–Crippen LogP) is 3.78. The largest absolute Gasteiger partial charge is 0.443 e. The number of nitrogens with zero attached hydrogens (tertiary/aromatic N) is 1. The molecular formula is C16H17NO3. The molecule has 0 unspecified atom stereocenters. The molecule has 0 N–H and O–H groups in total. The number of hydrogen-bond donors (Lipinski definition) is 0. The van der Waals surface area contributed by atoms with Crippen LogP contribution < -0.4 is 5.06 Å². The standard InChI is InChI=1S/C16H17NO3/c1-2-20-17(15-11-7-4-8-12-15)16(18)19-13-14-9-5-3-6-10-14/h3-12H,2,13H2,1H3. The highest BCUT2D eigenvalue weighted by Gasteiger charge is 2.17. The van der Waals surface area contributed by atoms with E-state index in [1.807, 2.05) is 55.5 Å². The third kappa shape index (κ3) is 3.83. The fourth-order valence-corrected chi connectivity index (χ4v) is 1.70. The number of hydroxylamine groups is 1. The Bertz CT molecular complexity index is 528. The van der Waals surface area contributed by atoms with Crippen LogP contribution in [0.4, 0.5) is 10.5 Å². The minimum absolute atomic E-state index is 0.218. The molecule has 2 aromatic rings. The van der Waals surface area contributed by atoms with E-state index in [0.29, 0.717) is 12.3 Å². The minimum Gasteiger partial charge on any atom is -0.443 e. The number of amides is 1. The van der Waals surface area contributed by atoms with E-state index in [1.165, 1.54) is 5.06 Å². The molecule has 0 atom stereocenters. The van der Waals surface area contributed by atoms with Crippen LogP contribution >= 0.6 is 0 Å². The number of ether oxygens (including phenoxy) is 1. The second-order valence-electron chi connectivity index (χ2n) is 4.09. The van der Waals surface area contributed by atoms with Gasteiger partial charge in [0, 0.05) is 0 Å². The lowest BCUT2D eigenvalue weighted by Crippen LogP contribution is -2.31. The van der Waals surface area contributed by atoms with Gasteiger partial charge in [-0.3, -0.25) is 4.84 Å². The molecule has 0 aromatic heterocycles. The highest BCUT2D eigenvalue weighted by molar-refractivity contribution is 5.85. The van der Waals surface area contributed by atoms with Crippen LogP contribution in [0.2, 0.25) is 0 Å². The summed E-state index contributed by atoms with van der Waals surface area (Å²) in [5.74, 6) is 0. The van der Waals surface area contributed by atoms with Gasteiger partial charge in [-0.05, 0) is 24.6 Å². The van der Waals surface area contributed by atoms with Crippen LogP contribution in [-0.2, 0) is 16.2 Å². The predicted molar refractivity (Wildman–Crippen MR) is 77.2 cm³/mol. The Kier molecular flexibility index (Phi) is 5.15. The van der Waals surface area contributed by atoms with E-state index in [9.17, 15) is 4.79 Å². The summed E-state index contributed by atoms with van der Waals surface area (Å²) < 4.78 is 5.26.